The highest BCUT2D eigenvalue weighted by molar-refractivity contribution is 7.71. The zero-order valence-corrected chi connectivity index (χ0v) is 20.9. The van der Waals surface area contributed by atoms with E-state index in [1.165, 1.54) is 19.9 Å². The SMILES string of the molecule is CC(=O)N1CCP(=O)(c2cc3c(N[C@H](C)c4cccc(C(F)(F)F)c4C)nc(C)nc3cn2)CC1. The third-order valence-electron chi connectivity index (χ3n) is 6.51. The number of anilines is 1. The second-order valence-corrected chi connectivity index (χ2v) is 12.0. The number of hydrogen-bond donors (Lipinski definition) is 1. The van der Waals surface area contributed by atoms with Gasteiger partial charge in [-0.3, -0.25) is 9.78 Å². The van der Waals surface area contributed by atoms with Gasteiger partial charge in [-0.25, -0.2) is 9.97 Å². The molecular formula is C24H27F3N5O2P. The van der Waals surface area contributed by atoms with E-state index in [1.54, 1.807) is 37.1 Å². The van der Waals surface area contributed by atoms with Crippen LogP contribution in [0.5, 0.6) is 0 Å². The van der Waals surface area contributed by atoms with Crippen molar-refractivity contribution in [1.82, 2.24) is 19.9 Å². The lowest BCUT2D eigenvalue weighted by molar-refractivity contribution is -0.138. The zero-order chi connectivity index (χ0) is 25.5. The van der Waals surface area contributed by atoms with Crippen LogP contribution in [0.3, 0.4) is 0 Å². The van der Waals surface area contributed by atoms with Gasteiger partial charge in [-0.15, -0.1) is 0 Å². The summed E-state index contributed by atoms with van der Waals surface area (Å²) in [5.74, 6) is 0.871. The standard InChI is InChI=1S/C24H27F3N5O2P/c1-14-18(6-5-7-20(14)24(25,26)27)15(2)29-23-19-12-22(28-13-21(19)30-16(3)31-23)35(34)10-8-32(9-11-35)17(4)33/h5-7,12-13,15H,8-11H2,1-4H3,(H,29,30,31)/t15-/m1/s1. The predicted octanol–water partition coefficient (Wildman–Crippen LogP) is 4.68. The third kappa shape index (κ3) is 5.03. The highest BCUT2D eigenvalue weighted by Crippen LogP contribution is 2.46. The number of hydrogen-bond acceptors (Lipinski definition) is 6. The van der Waals surface area contributed by atoms with E-state index in [-0.39, 0.29) is 11.5 Å². The summed E-state index contributed by atoms with van der Waals surface area (Å²) >= 11 is 0. The summed E-state index contributed by atoms with van der Waals surface area (Å²) in [5, 5.41) is 3.84. The molecule has 0 aliphatic carbocycles. The number of alkyl halides is 3. The average Bonchev–Trinajstić information content (AvgIpc) is 2.78. The predicted molar refractivity (Wildman–Crippen MR) is 130 cm³/mol. The highest BCUT2D eigenvalue weighted by Gasteiger charge is 2.34. The molecule has 1 aliphatic heterocycles. The molecule has 2 aromatic heterocycles. The van der Waals surface area contributed by atoms with E-state index in [9.17, 15) is 22.5 Å². The topological polar surface area (TPSA) is 88.1 Å². The first-order chi connectivity index (χ1) is 16.4. The molecule has 0 radical (unpaired) electrons. The van der Waals surface area contributed by atoms with E-state index in [0.717, 1.165) is 6.07 Å². The van der Waals surface area contributed by atoms with Crippen LogP contribution in [0, 0.1) is 13.8 Å². The largest absolute Gasteiger partial charge is 0.416 e. The summed E-state index contributed by atoms with van der Waals surface area (Å²) in [5.41, 5.74) is 0.980. The summed E-state index contributed by atoms with van der Waals surface area (Å²) in [4.78, 5) is 26.7. The van der Waals surface area contributed by atoms with Gasteiger partial charge in [0.25, 0.3) is 0 Å². The fourth-order valence-corrected chi connectivity index (χ4v) is 6.96. The lowest BCUT2D eigenvalue weighted by Gasteiger charge is -2.31. The fourth-order valence-electron chi connectivity index (χ4n) is 4.51. The molecule has 0 saturated carbocycles. The summed E-state index contributed by atoms with van der Waals surface area (Å²) in [6.07, 6.45) is -2.19. The van der Waals surface area contributed by atoms with Gasteiger partial charge in [0.1, 0.15) is 24.2 Å². The van der Waals surface area contributed by atoms with Crippen LogP contribution in [0.2, 0.25) is 0 Å². The summed E-state index contributed by atoms with van der Waals surface area (Å²) in [6.45, 7) is 7.27. The number of carbonyl (C=O) groups is 1. The molecule has 0 bridgehead atoms. The molecular weight excluding hydrogens is 478 g/mol. The van der Waals surface area contributed by atoms with Gasteiger partial charge in [-0.2, -0.15) is 13.2 Å². The van der Waals surface area contributed by atoms with Crippen molar-refractivity contribution < 1.29 is 22.5 Å². The second kappa shape index (κ2) is 9.22. The molecule has 1 N–H and O–H groups in total. The number of halogens is 3. The van der Waals surface area contributed by atoms with E-state index >= 15 is 0 Å². The minimum absolute atomic E-state index is 0.0445. The first-order valence-corrected chi connectivity index (χ1v) is 13.4. The molecule has 1 aromatic carbocycles. The van der Waals surface area contributed by atoms with Crippen molar-refractivity contribution >= 4 is 35.2 Å². The van der Waals surface area contributed by atoms with Gasteiger partial charge in [0, 0.05) is 37.7 Å². The van der Waals surface area contributed by atoms with Crippen LogP contribution in [0.4, 0.5) is 19.0 Å². The van der Waals surface area contributed by atoms with Crippen molar-refractivity contribution in [3.05, 3.63) is 53.0 Å². The quantitative estimate of drug-likeness (QED) is 0.518. The first-order valence-electron chi connectivity index (χ1n) is 11.3. The van der Waals surface area contributed by atoms with E-state index in [1.807, 2.05) is 0 Å². The Bertz CT molecular complexity index is 1330. The number of rotatable bonds is 4. The molecule has 7 nitrogen and oxygen atoms in total. The molecule has 1 aliphatic rings. The Morgan fingerprint density at radius 1 is 1.17 bits per heavy atom. The maximum atomic E-state index is 13.7. The van der Waals surface area contributed by atoms with Crippen molar-refractivity contribution in [1.29, 1.82) is 0 Å². The van der Waals surface area contributed by atoms with Gasteiger partial charge in [0.05, 0.1) is 23.3 Å². The lowest BCUT2D eigenvalue weighted by Crippen LogP contribution is -2.40. The second-order valence-electron chi connectivity index (χ2n) is 8.91. The molecule has 3 heterocycles. The Labute approximate surface area is 201 Å². The minimum Gasteiger partial charge on any atom is -0.363 e. The maximum Gasteiger partial charge on any atom is 0.416 e. The van der Waals surface area contributed by atoms with E-state index < -0.39 is 24.9 Å². The van der Waals surface area contributed by atoms with Gasteiger partial charge >= 0.3 is 6.18 Å². The van der Waals surface area contributed by atoms with E-state index in [0.29, 0.717) is 59.0 Å². The van der Waals surface area contributed by atoms with Crippen molar-refractivity contribution in [3.63, 3.8) is 0 Å². The molecule has 186 valence electrons. The Morgan fingerprint density at radius 2 is 1.86 bits per heavy atom. The molecule has 1 amide bonds. The van der Waals surface area contributed by atoms with Crippen LogP contribution in [0.1, 0.15) is 42.4 Å². The average molecular weight is 505 g/mol. The summed E-state index contributed by atoms with van der Waals surface area (Å²) in [6, 6.07) is 5.36. The number of benzene rings is 1. The number of aromatic nitrogens is 3. The van der Waals surface area contributed by atoms with Crippen molar-refractivity contribution in [2.45, 2.75) is 39.9 Å². The van der Waals surface area contributed by atoms with Crippen molar-refractivity contribution in [2.75, 3.05) is 30.7 Å². The Balaban J connectivity index is 1.70. The normalized spacial score (nSPS) is 16.8. The van der Waals surface area contributed by atoms with E-state index in [4.69, 9.17) is 0 Å². The van der Waals surface area contributed by atoms with Gasteiger partial charge in [0.15, 0.2) is 0 Å². The molecule has 0 spiro atoms. The Morgan fingerprint density at radius 3 is 2.49 bits per heavy atom. The monoisotopic (exact) mass is 505 g/mol. The number of fused-ring (bicyclic) bond motifs is 1. The van der Waals surface area contributed by atoms with Crippen molar-refractivity contribution in [3.8, 4) is 0 Å². The fraction of sp³-hybridized carbons (Fsp3) is 0.417. The minimum atomic E-state index is -4.44. The Hall–Kier alpha value is -3.00. The number of pyridine rings is 1. The van der Waals surface area contributed by atoms with Crippen LogP contribution in [-0.2, 0) is 15.5 Å². The van der Waals surface area contributed by atoms with Crippen molar-refractivity contribution in [2.24, 2.45) is 0 Å². The number of nitrogens with one attached hydrogen (secondary N) is 1. The van der Waals surface area contributed by atoms with Crippen LogP contribution in [-0.4, -0.2) is 51.2 Å². The van der Waals surface area contributed by atoms with Gasteiger partial charge < -0.3 is 14.8 Å². The summed E-state index contributed by atoms with van der Waals surface area (Å²) < 4.78 is 53.9. The number of carbonyl (C=O) groups excluding carboxylic acids is 1. The molecule has 3 aromatic rings. The van der Waals surface area contributed by atoms with Crippen LogP contribution >= 0.6 is 7.14 Å². The molecule has 11 heteroatoms. The van der Waals surface area contributed by atoms with Crippen LogP contribution in [0.25, 0.3) is 10.9 Å². The molecule has 1 atom stereocenters. The molecule has 1 fully saturated rings. The van der Waals surface area contributed by atoms with Crippen LogP contribution < -0.4 is 10.8 Å². The van der Waals surface area contributed by atoms with Gasteiger partial charge in [-0.1, -0.05) is 12.1 Å². The number of nitrogens with zero attached hydrogens (tertiary/aromatic N) is 4. The van der Waals surface area contributed by atoms with Gasteiger partial charge in [0.2, 0.25) is 5.91 Å². The molecule has 35 heavy (non-hydrogen) atoms. The summed E-state index contributed by atoms with van der Waals surface area (Å²) in [7, 11) is -2.82. The smallest absolute Gasteiger partial charge is 0.363 e. The zero-order valence-electron chi connectivity index (χ0n) is 20.0. The lowest BCUT2D eigenvalue weighted by atomic mass is 9.97. The van der Waals surface area contributed by atoms with E-state index in [2.05, 4.69) is 20.3 Å². The highest BCUT2D eigenvalue weighted by atomic mass is 31.2. The Kier molecular flexibility index (Phi) is 6.62. The molecule has 4 rings (SSSR count). The van der Waals surface area contributed by atoms with Crippen LogP contribution in [0.15, 0.2) is 30.5 Å². The first kappa shape index (κ1) is 25.1. The number of amides is 1. The molecule has 0 unspecified atom stereocenters. The van der Waals surface area contributed by atoms with Gasteiger partial charge in [-0.05, 0) is 44.0 Å². The molecule has 1 saturated heterocycles. The third-order valence-corrected chi connectivity index (χ3v) is 9.43. The maximum absolute atomic E-state index is 13.7. The number of aryl methyl sites for hydroxylation is 1.